The molecule has 0 saturated heterocycles. The van der Waals surface area contributed by atoms with Crippen molar-refractivity contribution in [3.63, 3.8) is 0 Å². The van der Waals surface area contributed by atoms with Crippen LogP contribution in [-0.4, -0.2) is 36.0 Å². The number of amides is 1. The molecule has 0 radical (unpaired) electrons. The van der Waals surface area contributed by atoms with E-state index in [1.54, 1.807) is 25.6 Å². The van der Waals surface area contributed by atoms with Crippen molar-refractivity contribution < 1.29 is 14.3 Å². The number of thioether (sulfide) groups is 1. The zero-order chi connectivity index (χ0) is 13.1. The SMILES string of the molecule is CCCCSC[C@H](NC(=O)CC)C(=O)OCC. The van der Waals surface area contributed by atoms with Crippen LogP contribution in [0.5, 0.6) is 0 Å². The monoisotopic (exact) mass is 261 g/mol. The van der Waals surface area contributed by atoms with Gasteiger partial charge in [0, 0.05) is 12.2 Å². The minimum absolute atomic E-state index is 0.112. The Bertz CT molecular complexity index is 234. The lowest BCUT2D eigenvalue weighted by Crippen LogP contribution is -2.43. The lowest BCUT2D eigenvalue weighted by Gasteiger charge is -2.16. The highest BCUT2D eigenvalue weighted by molar-refractivity contribution is 7.99. The number of rotatable bonds is 9. The van der Waals surface area contributed by atoms with E-state index >= 15 is 0 Å². The topological polar surface area (TPSA) is 55.4 Å². The molecule has 0 rings (SSSR count). The van der Waals surface area contributed by atoms with Crippen molar-refractivity contribution in [2.24, 2.45) is 0 Å². The molecule has 0 spiro atoms. The largest absolute Gasteiger partial charge is 0.464 e. The maximum Gasteiger partial charge on any atom is 0.329 e. The molecular weight excluding hydrogens is 238 g/mol. The molecule has 4 nitrogen and oxygen atoms in total. The molecule has 1 amide bonds. The first-order valence-corrected chi connectivity index (χ1v) is 7.34. The third kappa shape index (κ3) is 8.07. The molecule has 0 heterocycles. The van der Waals surface area contributed by atoms with Gasteiger partial charge in [0.2, 0.25) is 5.91 Å². The number of ether oxygens (including phenoxy) is 1. The summed E-state index contributed by atoms with van der Waals surface area (Å²) >= 11 is 1.68. The Morgan fingerprint density at radius 1 is 1.29 bits per heavy atom. The summed E-state index contributed by atoms with van der Waals surface area (Å²) in [4.78, 5) is 22.9. The van der Waals surface area contributed by atoms with E-state index < -0.39 is 6.04 Å². The fourth-order valence-corrected chi connectivity index (χ4v) is 2.27. The Labute approximate surface area is 108 Å². The molecular formula is C12H23NO3S. The highest BCUT2D eigenvalue weighted by atomic mass is 32.2. The average molecular weight is 261 g/mol. The lowest BCUT2D eigenvalue weighted by atomic mass is 10.3. The van der Waals surface area contributed by atoms with Gasteiger partial charge in [-0.3, -0.25) is 4.79 Å². The van der Waals surface area contributed by atoms with Gasteiger partial charge >= 0.3 is 5.97 Å². The predicted octanol–water partition coefficient (Wildman–Crippen LogP) is 1.98. The van der Waals surface area contributed by atoms with Crippen LogP contribution in [0.25, 0.3) is 0 Å². The van der Waals surface area contributed by atoms with Crippen molar-refractivity contribution in [3.8, 4) is 0 Å². The Balaban J connectivity index is 4.10. The van der Waals surface area contributed by atoms with Crippen molar-refractivity contribution in [1.82, 2.24) is 5.32 Å². The van der Waals surface area contributed by atoms with Gasteiger partial charge in [-0.1, -0.05) is 20.3 Å². The fourth-order valence-electron chi connectivity index (χ4n) is 1.16. The smallest absolute Gasteiger partial charge is 0.329 e. The number of hydrogen-bond donors (Lipinski definition) is 1. The van der Waals surface area contributed by atoms with Gasteiger partial charge in [0.1, 0.15) is 6.04 Å². The van der Waals surface area contributed by atoms with Crippen LogP contribution in [0.2, 0.25) is 0 Å². The summed E-state index contributed by atoms with van der Waals surface area (Å²) < 4.78 is 4.94. The number of carbonyl (C=O) groups excluding carboxylic acids is 2. The summed E-state index contributed by atoms with van der Waals surface area (Å²) in [5.41, 5.74) is 0. The Hall–Kier alpha value is -0.710. The van der Waals surface area contributed by atoms with Crippen LogP contribution < -0.4 is 5.32 Å². The minimum Gasteiger partial charge on any atom is -0.464 e. The van der Waals surface area contributed by atoms with Crippen LogP contribution >= 0.6 is 11.8 Å². The van der Waals surface area contributed by atoms with Crippen LogP contribution in [0, 0.1) is 0 Å². The van der Waals surface area contributed by atoms with Crippen molar-refractivity contribution in [1.29, 1.82) is 0 Å². The zero-order valence-electron chi connectivity index (χ0n) is 11.0. The van der Waals surface area contributed by atoms with Gasteiger partial charge in [-0.15, -0.1) is 0 Å². The van der Waals surface area contributed by atoms with E-state index in [0.29, 0.717) is 18.8 Å². The summed E-state index contributed by atoms with van der Waals surface area (Å²) in [7, 11) is 0. The van der Waals surface area contributed by atoms with Gasteiger partial charge in [-0.25, -0.2) is 4.79 Å². The Kier molecular flexibility index (Phi) is 10.0. The first kappa shape index (κ1) is 16.3. The molecule has 0 aromatic heterocycles. The van der Waals surface area contributed by atoms with Crippen molar-refractivity contribution in [2.75, 3.05) is 18.1 Å². The average Bonchev–Trinajstić information content (AvgIpc) is 2.33. The third-order valence-corrected chi connectivity index (χ3v) is 3.30. The summed E-state index contributed by atoms with van der Waals surface area (Å²) in [6.07, 6.45) is 2.65. The second-order valence-electron chi connectivity index (χ2n) is 3.65. The van der Waals surface area contributed by atoms with Gasteiger partial charge < -0.3 is 10.1 Å². The van der Waals surface area contributed by atoms with Crippen molar-refractivity contribution in [3.05, 3.63) is 0 Å². The van der Waals surface area contributed by atoms with Gasteiger partial charge in [-0.05, 0) is 19.1 Å². The highest BCUT2D eigenvalue weighted by Crippen LogP contribution is 2.08. The number of carbonyl (C=O) groups is 2. The molecule has 0 unspecified atom stereocenters. The molecule has 0 aliphatic carbocycles. The van der Waals surface area contributed by atoms with Crippen LogP contribution in [-0.2, 0) is 14.3 Å². The van der Waals surface area contributed by atoms with Crippen LogP contribution in [0.15, 0.2) is 0 Å². The maximum atomic E-state index is 11.6. The number of nitrogens with one attached hydrogen (secondary N) is 1. The van der Waals surface area contributed by atoms with Crippen molar-refractivity contribution >= 4 is 23.6 Å². The van der Waals surface area contributed by atoms with E-state index in [4.69, 9.17) is 4.74 Å². The van der Waals surface area contributed by atoms with E-state index in [9.17, 15) is 9.59 Å². The number of esters is 1. The van der Waals surface area contributed by atoms with E-state index in [1.807, 2.05) is 0 Å². The second-order valence-corrected chi connectivity index (χ2v) is 4.80. The van der Waals surface area contributed by atoms with E-state index in [2.05, 4.69) is 12.2 Å². The van der Waals surface area contributed by atoms with Crippen LogP contribution in [0.4, 0.5) is 0 Å². The van der Waals surface area contributed by atoms with Crippen molar-refractivity contribution in [2.45, 2.75) is 46.1 Å². The molecule has 0 aromatic carbocycles. The first-order valence-electron chi connectivity index (χ1n) is 6.19. The molecule has 0 aliphatic rings. The molecule has 0 aliphatic heterocycles. The van der Waals surface area contributed by atoms with Gasteiger partial charge in [0.15, 0.2) is 0 Å². The molecule has 5 heteroatoms. The maximum absolute atomic E-state index is 11.6. The van der Waals surface area contributed by atoms with Crippen LogP contribution in [0.1, 0.15) is 40.0 Å². The molecule has 0 aromatic rings. The van der Waals surface area contributed by atoms with Gasteiger partial charge in [0.05, 0.1) is 6.61 Å². The van der Waals surface area contributed by atoms with E-state index in [-0.39, 0.29) is 11.9 Å². The Morgan fingerprint density at radius 3 is 2.53 bits per heavy atom. The zero-order valence-corrected chi connectivity index (χ0v) is 11.8. The molecule has 0 fully saturated rings. The molecule has 0 saturated carbocycles. The summed E-state index contributed by atoms with van der Waals surface area (Å²) in [5, 5.41) is 2.69. The molecule has 1 N–H and O–H groups in total. The number of hydrogen-bond acceptors (Lipinski definition) is 4. The summed E-state index contributed by atoms with van der Waals surface area (Å²) in [6.45, 7) is 6.00. The first-order chi connectivity index (χ1) is 8.15. The second kappa shape index (κ2) is 10.4. The molecule has 0 bridgehead atoms. The van der Waals surface area contributed by atoms with Gasteiger partial charge in [-0.2, -0.15) is 11.8 Å². The fraction of sp³-hybridized carbons (Fsp3) is 0.833. The van der Waals surface area contributed by atoms with Gasteiger partial charge in [0.25, 0.3) is 0 Å². The molecule has 1 atom stereocenters. The molecule has 17 heavy (non-hydrogen) atoms. The standard InChI is InChI=1S/C12H23NO3S/c1-4-7-8-17-9-10(12(15)16-6-3)13-11(14)5-2/h10H,4-9H2,1-3H3,(H,13,14)/t10-/m0/s1. The predicted molar refractivity (Wildman–Crippen MR) is 71.1 cm³/mol. The number of unbranched alkanes of at least 4 members (excludes halogenated alkanes) is 1. The Morgan fingerprint density at radius 2 is 2.00 bits per heavy atom. The quantitative estimate of drug-likeness (QED) is 0.509. The lowest BCUT2D eigenvalue weighted by molar-refractivity contribution is -0.146. The molecule has 100 valence electrons. The van der Waals surface area contributed by atoms with E-state index in [1.165, 1.54) is 0 Å². The summed E-state index contributed by atoms with van der Waals surface area (Å²) in [5.74, 6) is 1.15. The van der Waals surface area contributed by atoms with Crippen LogP contribution in [0.3, 0.4) is 0 Å². The minimum atomic E-state index is -0.510. The normalized spacial score (nSPS) is 11.9. The van der Waals surface area contributed by atoms with E-state index in [0.717, 1.165) is 18.6 Å². The third-order valence-electron chi connectivity index (χ3n) is 2.15. The summed E-state index contributed by atoms with van der Waals surface area (Å²) in [6, 6.07) is -0.510. The highest BCUT2D eigenvalue weighted by Gasteiger charge is 2.20.